The fourth-order valence-electron chi connectivity index (χ4n) is 2.38. The van der Waals surface area contributed by atoms with Crippen LogP contribution in [-0.4, -0.2) is 36.0 Å². The number of benzene rings is 1. The van der Waals surface area contributed by atoms with Crippen LogP contribution in [0.3, 0.4) is 0 Å². The molecule has 7 heteroatoms. The summed E-state index contributed by atoms with van der Waals surface area (Å²) in [6, 6.07) is 7.38. The molecule has 6 nitrogen and oxygen atoms in total. The van der Waals surface area contributed by atoms with Crippen LogP contribution in [0.1, 0.15) is 19.3 Å². The van der Waals surface area contributed by atoms with Crippen molar-refractivity contribution in [2.45, 2.75) is 19.3 Å². The average molecular weight is 369 g/mol. The number of para-hydroxylation sites is 1. The zero-order valence-electron chi connectivity index (χ0n) is 11.9. The van der Waals surface area contributed by atoms with Gasteiger partial charge in [-0.05, 0) is 34.5 Å². The van der Waals surface area contributed by atoms with Gasteiger partial charge in [-0.2, -0.15) is 0 Å². The largest absolute Gasteiger partial charge is 0.481 e. The van der Waals surface area contributed by atoms with Gasteiger partial charge in [0.15, 0.2) is 0 Å². The third kappa shape index (κ3) is 4.07. The number of nitrogens with zero attached hydrogens (tertiary/aromatic N) is 1. The predicted molar refractivity (Wildman–Crippen MR) is 84.5 cm³/mol. The van der Waals surface area contributed by atoms with E-state index >= 15 is 0 Å². The molecule has 1 atom stereocenters. The molecule has 1 unspecified atom stereocenters. The summed E-state index contributed by atoms with van der Waals surface area (Å²) >= 11 is 3.41. The van der Waals surface area contributed by atoms with E-state index in [0.29, 0.717) is 19.5 Å². The van der Waals surface area contributed by atoms with Crippen LogP contribution in [0.15, 0.2) is 28.7 Å². The van der Waals surface area contributed by atoms with E-state index in [-0.39, 0.29) is 24.7 Å². The van der Waals surface area contributed by atoms with Crippen LogP contribution >= 0.6 is 15.9 Å². The Labute approximate surface area is 136 Å². The molecular weight excluding hydrogens is 352 g/mol. The molecule has 2 N–H and O–H groups in total. The lowest BCUT2D eigenvalue weighted by molar-refractivity contribution is -0.137. The first-order valence-corrected chi connectivity index (χ1v) is 7.82. The van der Waals surface area contributed by atoms with Gasteiger partial charge in [0, 0.05) is 30.4 Å². The third-order valence-corrected chi connectivity index (χ3v) is 4.18. The maximum Gasteiger partial charge on any atom is 0.303 e. The van der Waals surface area contributed by atoms with E-state index in [9.17, 15) is 14.4 Å². The van der Waals surface area contributed by atoms with Crippen molar-refractivity contribution in [1.82, 2.24) is 5.32 Å². The van der Waals surface area contributed by atoms with Gasteiger partial charge in [0.1, 0.15) is 0 Å². The minimum atomic E-state index is -0.884. The van der Waals surface area contributed by atoms with E-state index in [1.807, 2.05) is 24.3 Å². The van der Waals surface area contributed by atoms with Crippen molar-refractivity contribution in [2.24, 2.45) is 5.92 Å². The number of carboxylic acids is 1. The summed E-state index contributed by atoms with van der Waals surface area (Å²) < 4.78 is 0.811. The Hall–Kier alpha value is -1.89. The lowest BCUT2D eigenvalue weighted by Crippen LogP contribution is -2.33. The molecule has 2 amide bonds. The van der Waals surface area contributed by atoms with Crippen LogP contribution in [0.2, 0.25) is 0 Å². The van der Waals surface area contributed by atoms with Gasteiger partial charge in [0.05, 0.1) is 11.6 Å². The van der Waals surface area contributed by atoms with Gasteiger partial charge in [0.25, 0.3) is 0 Å². The van der Waals surface area contributed by atoms with Gasteiger partial charge in [-0.3, -0.25) is 14.4 Å². The molecule has 1 fully saturated rings. The van der Waals surface area contributed by atoms with Crippen molar-refractivity contribution in [1.29, 1.82) is 0 Å². The summed E-state index contributed by atoms with van der Waals surface area (Å²) in [4.78, 5) is 36.2. The summed E-state index contributed by atoms with van der Waals surface area (Å²) in [6.07, 6.45) is 0.578. The van der Waals surface area contributed by atoms with Gasteiger partial charge in [-0.1, -0.05) is 12.1 Å². The number of rotatable bonds is 6. The van der Waals surface area contributed by atoms with Crippen LogP contribution < -0.4 is 10.2 Å². The van der Waals surface area contributed by atoms with E-state index in [4.69, 9.17) is 5.11 Å². The van der Waals surface area contributed by atoms with Crippen LogP contribution in [0.4, 0.5) is 5.69 Å². The number of hydrogen-bond donors (Lipinski definition) is 2. The fourth-order valence-corrected chi connectivity index (χ4v) is 2.88. The molecule has 1 aromatic carbocycles. The number of carboxylic acid groups (broad SMARTS) is 1. The lowest BCUT2D eigenvalue weighted by Gasteiger charge is -2.18. The molecule has 2 rings (SSSR count). The smallest absolute Gasteiger partial charge is 0.303 e. The zero-order valence-corrected chi connectivity index (χ0v) is 13.5. The Morgan fingerprint density at radius 1 is 1.36 bits per heavy atom. The molecule has 118 valence electrons. The first-order chi connectivity index (χ1) is 10.5. The summed E-state index contributed by atoms with van der Waals surface area (Å²) in [5, 5.41) is 11.2. The topological polar surface area (TPSA) is 86.7 Å². The molecule has 0 saturated carbocycles. The Kier molecular flexibility index (Phi) is 5.54. The second kappa shape index (κ2) is 7.40. The summed E-state index contributed by atoms with van der Waals surface area (Å²) in [5.74, 6) is -1.57. The summed E-state index contributed by atoms with van der Waals surface area (Å²) in [6.45, 7) is 0.650. The highest BCUT2D eigenvalue weighted by Gasteiger charge is 2.35. The highest BCUT2D eigenvalue weighted by molar-refractivity contribution is 9.10. The molecule has 22 heavy (non-hydrogen) atoms. The first kappa shape index (κ1) is 16.5. The highest BCUT2D eigenvalue weighted by Crippen LogP contribution is 2.31. The van der Waals surface area contributed by atoms with Gasteiger partial charge in [-0.25, -0.2) is 0 Å². The Balaban J connectivity index is 1.90. The van der Waals surface area contributed by atoms with Crippen molar-refractivity contribution >= 4 is 39.4 Å². The third-order valence-electron chi connectivity index (χ3n) is 3.51. The lowest BCUT2D eigenvalue weighted by atomic mass is 10.1. The maximum atomic E-state index is 12.1. The number of halogens is 1. The molecule has 1 aliphatic rings. The van der Waals surface area contributed by atoms with Crippen molar-refractivity contribution in [3.05, 3.63) is 28.7 Å². The van der Waals surface area contributed by atoms with E-state index in [1.165, 1.54) is 0 Å². The SMILES string of the molecule is O=C(O)CCCNC(=O)C1CC(=O)N(c2ccccc2Br)C1. The van der Waals surface area contributed by atoms with Crippen LogP contribution in [0.5, 0.6) is 0 Å². The Morgan fingerprint density at radius 2 is 2.09 bits per heavy atom. The predicted octanol–water partition coefficient (Wildman–Crippen LogP) is 1.78. The van der Waals surface area contributed by atoms with Crippen molar-refractivity contribution < 1.29 is 19.5 Å². The number of nitrogens with one attached hydrogen (secondary N) is 1. The Morgan fingerprint density at radius 3 is 2.77 bits per heavy atom. The minimum Gasteiger partial charge on any atom is -0.481 e. The number of carbonyl (C=O) groups is 3. The van der Waals surface area contributed by atoms with E-state index in [0.717, 1.165) is 10.2 Å². The van der Waals surface area contributed by atoms with Gasteiger partial charge >= 0.3 is 5.97 Å². The van der Waals surface area contributed by atoms with Crippen LogP contribution in [0, 0.1) is 5.92 Å². The number of hydrogen-bond acceptors (Lipinski definition) is 3. The quantitative estimate of drug-likeness (QED) is 0.749. The monoisotopic (exact) mass is 368 g/mol. The first-order valence-electron chi connectivity index (χ1n) is 7.03. The molecule has 1 aliphatic heterocycles. The summed E-state index contributed by atoms with van der Waals surface area (Å²) in [5.41, 5.74) is 0.758. The van der Waals surface area contributed by atoms with E-state index in [1.54, 1.807) is 4.90 Å². The van der Waals surface area contributed by atoms with Crippen LogP contribution in [0.25, 0.3) is 0 Å². The van der Waals surface area contributed by atoms with E-state index < -0.39 is 11.9 Å². The normalized spacial score (nSPS) is 17.6. The molecule has 1 aromatic rings. The van der Waals surface area contributed by atoms with Crippen molar-refractivity contribution in [2.75, 3.05) is 18.0 Å². The van der Waals surface area contributed by atoms with Gasteiger partial charge in [0.2, 0.25) is 11.8 Å². The van der Waals surface area contributed by atoms with Gasteiger partial charge in [-0.15, -0.1) is 0 Å². The van der Waals surface area contributed by atoms with E-state index in [2.05, 4.69) is 21.2 Å². The highest BCUT2D eigenvalue weighted by atomic mass is 79.9. The standard InChI is InChI=1S/C15H17BrN2O4/c16-11-4-1-2-5-12(11)18-9-10(8-13(18)19)15(22)17-7-3-6-14(20)21/h1-2,4-5,10H,3,6-9H2,(H,17,22)(H,20,21). The molecule has 0 aliphatic carbocycles. The molecule has 0 radical (unpaired) electrons. The number of amides is 2. The van der Waals surface area contributed by atoms with Crippen molar-refractivity contribution in [3.8, 4) is 0 Å². The van der Waals surface area contributed by atoms with Gasteiger partial charge < -0.3 is 15.3 Å². The number of anilines is 1. The number of carbonyl (C=O) groups excluding carboxylic acids is 2. The molecule has 0 bridgehead atoms. The second-order valence-electron chi connectivity index (χ2n) is 5.15. The number of aliphatic carboxylic acids is 1. The molecule has 1 heterocycles. The van der Waals surface area contributed by atoms with Crippen LogP contribution in [-0.2, 0) is 14.4 Å². The molecule has 1 saturated heterocycles. The minimum absolute atomic E-state index is 0.0208. The second-order valence-corrected chi connectivity index (χ2v) is 6.00. The average Bonchev–Trinajstić information content (AvgIpc) is 2.86. The molecule has 0 aromatic heterocycles. The Bertz CT molecular complexity index is 591. The van der Waals surface area contributed by atoms with Crippen molar-refractivity contribution in [3.63, 3.8) is 0 Å². The summed E-state index contributed by atoms with van der Waals surface area (Å²) in [7, 11) is 0. The zero-order chi connectivity index (χ0) is 16.1. The maximum absolute atomic E-state index is 12.1. The molecule has 0 spiro atoms. The fraction of sp³-hybridized carbons (Fsp3) is 0.400. The molecular formula is C15H17BrN2O4.